The SMILES string of the molecule is CCN(CCNC(=O)c1ccc(/C=C2\Oc3ccccc3N(Cc3ccc(Cl)cc3)C2=O)cc1)c1ccccc1. The number of hydrogen-bond acceptors (Lipinski definition) is 4. The fraction of sp³-hybridized carbons (Fsp3) is 0.152. The normalized spacial score (nSPS) is 13.5. The zero-order valence-electron chi connectivity index (χ0n) is 22.2. The highest BCUT2D eigenvalue weighted by molar-refractivity contribution is 6.30. The van der Waals surface area contributed by atoms with E-state index < -0.39 is 0 Å². The zero-order valence-corrected chi connectivity index (χ0v) is 23.0. The Hall–Kier alpha value is -4.55. The third-order valence-electron chi connectivity index (χ3n) is 6.73. The van der Waals surface area contributed by atoms with Gasteiger partial charge in [-0.1, -0.05) is 66.2 Å². The summed E-state index contributed by atoms with van der Waals surface area (Å²) in [6, 6.07) is 32.2. The molecule has 7 heteroatoms. The lowest BCUT2D eigenvalue weighted by Gasteiger charge is -2.30. The third-order valence-corrected chi connectivity index (χ3v) is 6.98. The molecule has 202 valence electrons. The van der Waals surface area contributed by atoms with Crippen LogP contribution in [0.2, 0.25) is 5.02 Å². The largest absolute Gasteiger partial charge is 0.449 e. The number of nitrogens with zero attached hydrogens (tertiary/aromatic N) is 2. The molecule has 0 fully saturated rings. The molecule has 1 heterocycles. The maximum absolute atomic E-state index is 13.5. The van der Waals surface area contributed by atoms with Crippen molar-refractivity contribution in [2.24, 2.45) is 0 Å². The van der Waals surface area contributed by atoms with Gasteiger partial charge in [-0.25, -0.2) is 0 Å². The van der Waals surface area contributed by atoms with Crippen LogP contribution in [0.15, 0.2) is 109 Å². The minimum atomic E-state index is -0.241. The van der Waals surface area contributed by atoms with E-state index in [4.69, 9.17) is 16.3 Å². The van der Waals surface area contributed by atoms with Gasteiger partial charge >= 0.3 is 0 Å². The molecule has 4 aromatic carbocycles. The van der Waals surface area contributed by atoms with E-state index in [1.165, 1.54) is 0 Å². The summed E-state index contributed by atoms with van der Waals surface area (Å²) >= 11 is 6.04. The number of nitrogens with one attached hydrogen (secondary N) is 1. The molecule has 0 saturated carbocycles. The van der Waals surface area contributed by atoms with Crippen molar-refractivity contribution in [3.05, 3.63) is 131 Å². The first-order chi connectivity index (χ1) is 19.5. The lowest BCUT2D eigenvalue weighted by Crippen LogP contribution is -2.36. The number of benzene rings is 4. The summed E-state index contributed by atoms with van der Waals surface area (Å²) in [6.45, 7) is 4.57. The van der Waals surface area contributed by atoms with Gasteiger partial charge in [0.2, 0.25) is 0 Å². The van der Waals surface area contributed by atoms with E-state index in [1.54, 1.807) is 23.1 Å². The predicted molar refractivity (Wildman–Crippen MR) is 161 cm³/mol. The fourth-order valence-electron chi connectivity index (χ4n) is 4.59. The monoisotopic (exact) mass is 551 g/mol. The van der Waals surface area contributed by atoms with E-state index in [9.17, 15) is 9.59 Å². The molecule has 0 atom stereocenters. The second-order valence-electron chi connectivity index (χ2n) is 9.39. The van der Waals surface area contributed by atoms with Crippen LogP contribution in [-0.2, 0) is 11.3 Å². The van der Waals surface area contributed by atoms with Crippen molar-refractivity contribution in [2.75, 3.05) is 29.4 Å². The van der Waals surface area contributed by atoms with Crippen LogP contribution in [0.5, 0.6) is 5.75 Å². The summed E-state index contributed by atoms with van der Waals surface area (Å²) in [7, 11) is 0. The molecule has 0 unspecified atom stereocenters. The molecule has 1 aliphatic rings. The second-order valence-corrected chi connectivity index (χ2v) is 9.83. The van der Waals surface area contributed by atoms with Crippen molar-refractivity contribution in [1.82, 2.24) is 5.32 Å². The van der Waals surface area contributed by atoms with Crippen molar-refractivity contribution >= 4 is 40.9 Å². The Labute approximate surface area is 239 Å². The highest BCUT2D eigenvalue weighted by Gasteiger charge is 2.30. The van der Waals surface area contributed by atoms with Crippen LogP contribution in [-0.4, -0.2) is 31.4 Å². The molecule has 6 nitrogen and oxygen atoms in total. The number of anilines is 2. The summed E-state index contributed by atoms with van der Waals surface area (Å²) < 4.78 is 6.00. The first-order valence-electron chi connectivity index (χ1n) is 13.2. The van der Waals surface area contributed by atoms with Crippen molar-refractivity contribution in [2.45, 2.75) is 13.5 Å². The van der Waals surface area contributed by atoms with E-state index in [1.807, 2.05) is 78.9 Å². The molecule has 4 aromatic rings. The molecule has 0 bridgehead atoms. The van der Waals surface area contributed by atoms with Crippen molar-refractivity contribution in [3.8, 4) is 5.75 Å². The van der Waals surface area contributed by atoms with Gasteiger partial charge < -0.3 is 15.0 Å². The van der Waals surface area contributed by atoms with Gasteiger partial charge in [0.25, 0.3) is 11.8 Å². The van der Waals surface area contributed by atoms with Crippen LogP contribution in [0.4, 0.5) is 11.4 Å². The number of hydrogen-bond donors (Lipinski definition) is 1. The van der Waals surface area contributed by atoms with Crippen molar-refractivity contribution in [3.63, 3.8) is 0 Å². The van der Waals surface area contributed by atoms with Crippen LogP contribution >= 0.6 is 11.6 Å². The van der Waals surface area contributed by atoms with Crippen LogP contribution < -0.4 is 19.9 Å². The van der Waals surface area contributed by atoms with E-state index in [2.05, 4.69) is 29.3 Å². The van der Waals surface area contributed by atoms with Gasteiger partial charge in [-0.2, -0.15) is 0 Å². The van der Waals surface area contributed by atoms with Gasteiger partial charge in [0.15, 0.2) is 11.5 Å². The molecule has 0 aromatic heterocycles. The van der Waals surface area contributed by atoms with Crippen LogP contribution in [0, 0.1) is 0 Å². The van der Waals surface area contributed by atoms with E-state index in [-0.39, 0.29) is 17.6 Å². The fourth-order valence-corrected chi connectivity index (χ4v) is 4.71. The minimum absolute atomic E-state index is 0.142. The number of amides is 2. The van der Waals surface area contributed by atoms with Crippen LogP contribution in [0.25, 0.3) is 6.08 Å². The van der Waals surface area contributed by atoms with E-state index in [0.717, 1.165) is 23.4 Å². The molecule has 0 radical (unpaired) electrons. The molecule has 0 saturated heterocycles. The number of carbonyl (C=O) groups excluding carboxylic acids is 2. The maximum atomic E-state index is 13.5. The van der Waals surface area contributed by atoms with E-state index >= 15 is 0 Å². The van der Waals surface area contributed by atoms with Crippen LogP contribution in [0.3, 0.4) is 0 Å². The lowest BCUT2D eigenvalue weighted by molar-refractivity contribution is -0.117. The molecular formula is C33H30ClN3O3. The zero-order chi connectivity index (χ0) is 27.9. The summed E-state index contributed by atoms with van der Waals surface area (Å²) in [4.78, 5) is 30.1. The van der Waals surface area contributed by atoms with Crippen molar-refractivity contribution < 1.29 is 14.3 Å². The summed E-state index contributed by atoms with van der Waals surface area (Å²) in [6.07, 6.45) is 1.70. The highest BCUT2D eigenvalue weighted by atomic mass is 35.5. The Balaban J connectivity index is 1.26. The smallest absolute Gasteiger partial charge is 0.294 e. The number of ether oxygens (including phenoxy) is 1. The average Bonchev–Trinajstić information content (AvgIpc) is 2.99. The number of para-hydroxylation sites is 3. The van der Waals surface area contributed by atoms with Gasteiger partial charge in [-0.15, -0.1) is 0 Å². The van der Waals surface area contributed by atoms with Crippen molar-refractivity contribution in [1.29, 1.82) is 0 Å². The Kier molecular flexibility index (Phi) is 8.47. The molecule has 1 aliphatic heterocycles. The standard InChI is InChI=1S/C33H30ClN3O3/c1-2-36(28-8-4-3-5-9-28)21-20-35-32(38)26-16-12-24(13-17-26)22-31-33(39)37(23-25-14-18-27(34)19-15-25)29-10-6-7-11-30(29)40-31/h3-19,22H,2,20-21,23H2,1H3,(H,35,38)/b31-22-. The Morgan fingerprint density at radius 1 is 0.925 bits per heavy atom. The number of fused-ring (bicyclic) bond motifs is 1. The number of carbonyl (C=O) groups is 2. The molecule has 5 rings (SSSR count). The average molecular weight is 552 g/mol. The Bertz CT molecular complexity index is 1500. The first kappa shape index (κ1) is 27.0. The minimum Gasteiger partial charge on any atom is -0.449 e. The van der Waals surface area contributed by atoms with Crippen LogP contribution in [0.1, 0.15) is 28.4 Å². The molecule has 40 heavy (non-hydrogen) atoms. The summed E-state index contributed by atoms with van der Waals surface area (Å²) in [5, 5.41) is 3.64. The predicted octanol–water partition coefficient (Wildman–Crippen LogP) is 6.56. The third kappa shape index (κ3) is 6.35. The second kappa shape index (κ2) is 12.5. The molecular weight excluding hydrogens is 522 g/mol. The topological polar surface area (TPSA) is 61.9 Å². The molecule has 1 N–H and O–H groups in total. The van der Waals surface area contributed by atoms with Gasteiger partial charge in [0, 0.05) is 35.9 Å². The number of halogens is 1. The summed E-state index contributed by atoms with van der Waals surface area (Å²) in [5.41, 5.74) is 4.10. The Morgan fingerprint density at radius 3 is 2.35 bits per heavy atom. The van der Waals surface area contributed by atoms with Gasteiger partial charge in [0.1, 0.15) is 0 Å². The first-order valence-corrected chi connectivity index (χ1v) is 13.6. The van der Waals surface area contributed by atoms with Gasteiger partial charge in [0.05, 0.1) is 12.2 Å². The highest BCUT2D eigenvalue weighted by Crippen LogP contribution is 2.36. The molecule has 2 amide bonds. The Morgan fingerprint density at radius 2 is 1.62 bits per heavy atom. The molecule has 0 spiro atoms. The van der Waals surface area contributed by atoms with E-state index in [0.29, 0.717) is 41.7 Å². The lowest BCUT2D eigenvalue weighted by atomic mass is 10.1. The number of rotatable bonds is 9. The van der Waals surface area contributed by atoms with Gasteiger partial charge in [-0.3, -0.25) is 14.5 Å². The molecule has 0 aliphatic carbocycles. The number of likely N-dealkylation sites (N-methyl/N-ethyl adjacent to an activating group) is 1. The maximum Gasteiger partial charge on any atom is 0.294 e. The quantitative estimate of drug-likeness (QED) is 0.239. The van der Waals surface area contributed by atoms with Gasteiger partial charge in [-0.05, 0) is 72.7 Å². The summed E-state index contributed by atoms with van der Waals surface area (Å²) in [5.74, 6) is 0.436.